The Morgan fingerprint density at radius 3 is 2.50 bits per heavy atom. The van der Waals surface area contributed by atoms with E-state index in [2.05, 4.69) is 33.2 Å². The zero-order chi connectivity index (χ0) is 18.5. The Balaban J connectivity index is 1.88. The molecule has 2 heterocycles. The van der Waals surface area contributed by atoms with Gasteiger partial charge in [-0.1, -0.05) is 6.92 Å². The van der Waals surface area contributed by atoms with E-state index < -0.39 is 0 Å². The van der Waals surface area contributed by atoms with Crippen LogP contribution >= 0.6 is 0 Å². The molecular formula is C19H26N4O3. The summed E-state index contributed by atoms with van der Waals surface area (Å²) in [5, 5.41) is 12.1. The van der Waals surface area contributed by atoms with Gasteiger partial charge < -0.3 is 24.8 Å². The first-order valence-corrected chi connectivity index (χ1v) is 8.89. The highest BCUT2D eigenvalue weighted by atomic mass is 16.5. The van der Waals surface area contributed by atoms with Gasteiger partial charge in [-0.25, -0.2) is 4.98 Å². The van der Waals surface area contributed by atoms with Crippen LogP contribution in [0, 0.1) is 0 Å². The van der Waals surface area contributed by atoms with Gasteiger partial charge in [0.25, 0.3) is 0 Å². The van der Waals surface area contributed by atoms with Gasteiger partial charge in [-0.15, -0.1) is 0 Å². The maximum Gasteiger partial charge on any atom is 0.224 e. The summed E-state index contributed by atoms with van der Waals surface area (Å²) in [5.41, 5.74) is 3.48. The van der Waals surface area contributed by atoms with Gasteiger partial charge in [-0.05, 0) is 36.1 Å². The van der Waals surface area contributed by atoms with Crippen molar-refractivity contribution in [1.29, 1.82) is 0 Å². The van der Waals surface area contributed by atoms with E-state index in [-0.39, 0.29) is 6.61 Å². The highest BCUT2D eigenvalue weighted by Crippen LogP contribution is 2.34. The normalized spacial score (nSPS) is 13.3. The van der Waals surface area contributed by atoms with E-state index in [9.17, 15) is 0 Å². The van der Waals surface area contributed by atoms with Crippen LogP contribution in [0.25, 0.3) is 0 Å². The SMILES string of the molecule is CCc1cc(N2CCc3cc(OC)c(OC)cc3C2)nc(NCCO)n1. The first-order chi connectivity index (χ1) is 12.7. The Bertz CT molecular complexity index is 767. The number of methoxy groups -OCH3 is 2. The van der Waals surface area contributed by atoms with Crippen molar-refractivity contribution in [3.63, 3.8) is 0 Å². The van der Waals surface area contributed by atoms with Crippen LogP contribution in [0.2, 0.25) is 0 Å². The number of rotatable bonds is 7. The molecule has 0 bridgehead atoms. The smallest absolute Gasteiger partial charge is 0.224 e. The number of fused-ring (bicyclic) bond motifs is 1. The first-order valence-electron chi connectivity index (χ1n) is 8.89. The van der Waals surface area contributed by atoms with Crippen LogP contribution in [0.1, 0.15) is 23.7 Å². The third kappa shape index (κ3) is 3.83. The molecule has 0 saturated carbocycles. The summed E-state index contributed by atoms with van der Waals surface area (Å²) in [6.45, 7) is 4.20. The number of aryl methyl sites for hydroxylation is 1. The summed E-state index contributed by atoms with van der Waals surface area (Å²) < 4.78 is 10.8. The maximum atomic E-state index is 9.02. The number of benzene rings is 1. The highest BCUT2D eigenvalue weighted by molar-refractivity contribution is 5.53. The minimum Gasteiger partial charge on any atom is -0.493 e. The Morgan fingerprint density at radius 1 is 1.12 bits per heavy atom. The van der Waals surface area contributed by atoms with E-state index in [0.29, 0.717) is 12.5 Å². The third-order valence-electron chi connectivity index (χ3n) is 4.56. The lowest BCUT2D eigenvalue weighted by Crippen LogP contribution is -2.31. The van der Waals surface area contributed by atoms with E-state index >= 15 is 0 Å². The first kappa shape index (κ1) is 18.3. The molecule has 0 radical (unpaired) electrons. The fraction of sp³-hybridized carbons (Fsp3) is 0.474. The topological polar surface area (TPSA) is 79.7 Å². The van der Waals surface area contributed by atoms with Crippen LogP contribution in [0.5, 0.6) is 11.5 Å². The summed E-state index contributed by atoms with van der Waals surface area (Å²) in [6, 6.07) is 6.15. The van der Waals surface area contributed by atoms with Crippen LogP contribution in [0.15, 0.2) is 18.2 Å². The number of nitrogens with one attached hydrogen (secondary N) is 1. The molecule has 7 heteroatoms. The summed E-state index contributed by atoms with van der Waals surface area (Å²) in [7, 11) is 3.31. The molecule has 2 aromatic rings. The average Bonchev–Trinajstić information content (AvgIpc) is 2.70. The zero-order valence-electron chi connectivity index (χ0n) is 15.6. The van der Waals surface area contributed by atoms with Gasteiger partial charge in [-0.2, -0.15) is 4.98 Å². The Morgan fingerprint density at radius 2 is 1.85 bits per heavy atom. The number of aliphatic hydroxyl groups excluding tert-OH is 1. The molecule has 140 valence electrons. The van der Waals surface area contributed by atoms with Crippen molar-refractivity contribution >= 4 is 11.8 Å². The molecule has 7 nitrogen and oxygen atoms in total. The Labute approximate surface area is 154 Å². The predicted octanol–water partition coefficient (Wildman–Crippen LogP) is 2.02. The average molecular weight is 358 g/mol. The van der Waals surface area contributed by atoms with E-state index in [4.69, 9.17) is 14.6 Å². The number of anilines is 2. The second-order valence-corrected chi connectivity index (χ2v) is 6.19. The zero-order valence-corrected chi connectivity index (χ0v) is 15.6. The van der Waals surface area contributed by atoms with Gasteiger partial charge in [0.15, 0.2) is 11.5 Å². The van der Waals surface area contributed by atoms with Crippen molar-refractivity contribution in [2.75, 3.05) is 44.1 Å². The second kappa shape index (κ2) is 8.23. The van der Waals surface area contributed by atoms with Gasteiger partial charge in [-0.3, -0.25) is 0 Å². The van der Waals surface area contributed by atoms with Crippen LogP contribution in [-0.4, -0.2) is 49.0 Å². The van der Waals surface area contributed by atoms with Gasteiger partial charge in [0.2, 0.25) is 5.95 Å². The van der Waals surface area contributed by atoms with Crippen molar-refractivity contribution in [2.24, 2.45) is 0 Å². The lowest BCUT2D eigenvalue weighted by molar-refractivity contribution is 0.311. The van der Waals surface area contributed by atoms with E-state index in [1.807, 2.05) is 12.1 Å². The predicted molar refractivity (Wildman–Crippen MR) is 101 cm³/mol. The number of ether oxygens (including phenoxy) is 2. The van der Waals surface area contributed by atoms with Crippen molar-refractivity contribution in [2.45, 2.75) is 26.3 Å². The molecule has 1 aliphatic heterocycles. The number of aromatic nitrogens is 2. The Hall–Kier alpha value is -2.54. The standard InChI is InChI=1S/C19H26N4O3/c1-4-15-11-18(22-19(21-15)20-6-8-24)23-7-5-13-9-16(25-2)17(26-3)10-14(13)12-23/h9-11,24H,4-8,12H2,1-3H3,(H,20,21,22). The molecule has 3 rings (SSSR count). The minimum absolute atomic E-state index is 0.0494. The molecule has 1 aliphatic rings. The molecule has 2 N–H and O–H groups in total. The van der Waals surface area contributed by atoms with E-state index in [1.165, 1.54) is 11.1 Å². The molecule has 0 spiro atoms. The fourth-order valence-corrected chi connectivity index (χ4v) is 3.15. The molecule has 0 aliphatic carbocycles. The van der Waals surface area contributed by atoms with Gasteiger partial charge >= 0.3 is 0 Å². The van der Waals surface area contributed by atoms with Gasteiger partial charge in [0, 0.05) is 31.4 Å². The summed E-state index contributed by atoms with van der Waals surface area (Å²) in [6.07, 6.45) is 1.75. The molecule has 1 aromatic carbocycles. The molecule has 26 heavy (non-hydrogen) atoms. The third-order valence-corrected chi connectivity index (χ3v) is 4.56. The monoisotopic (exact) mass is 358 g/mol. The molecule has 0 fully saturated rings. The van der Waals surface area contributed by atoms with Crippen LogP contribution in [0.3, 0.4) is 0 Å². The molecule has 0 atom stereocenters. The second-order valence-electron chi connectivity index (χ2n) is 6.19. The number of hydrogen-bond donors (Lipinski definition) is 2. The molecule has 1 aromatic heterocycles. The summed E-state index contributed by atoms with van der Waals surface area (Å²) >= 11 is 0. The molecule has 0 unspecified atom stereocenters. The van der Waals surface area contributed by atoms with E-state index in [0.717, 1.165) is 48.9 Å². The largest absolute Gasteiger partial charge is 0.493 e. The summed E-state index contributed by atoms with van der Waals surface area (Å²) in [5.74, 6) is 2.98. The van der Waals surface area contributed by atoms with Crippen molar-refractivity contribution in [3.8, 4) is 11.5 Å². The Kier molecular flexibility index (Phi) is 5.78. The van der Waals surface area contributed by atoms with Gasteiger partial charge in [0.05, 0.1) is 20.8 Å². The van der Waals surface area contributed by atoms with Crippen LogP contribution in [-0.2, 0) is 19.4 Å². The number of aliphatic hydroxyl groups is 1. The molecule has 0 amide bonds. The van der Waals surface area contributed by atoms with Crippen molar-refractivity contribution < 1.29 is 14.6 Å². The lowest BCUT2D eigenvalue weighted by Gasteiger charge is -2.31. The maximum absolute atomic E-state index is 9.02. The number of nitrogens with zero attached hydrogens (tertiary/aromatic N) is 3. The molecule has 0 saturated heterocycles. The fourth-order valence-electron chi connectivity index (χ4n) is 3.15. The van der Waals surface area contributed by atoms with Gasteiger partial charge in [0.1, 0.15) is 5.82 Å². The molecular weight excluding hydrogens is 332 g/mol. The highest BCUT2D eigenvalue weighted by Gasteiger charge is 2.21. The minimum atomic E-state index is 0.0494. The van der Waals surface area contributed by atoms with E-state index in [1.54, 1.807) is 14.2 Å². The lowest BCUT2D eigenvalue weighted by atomic mass is 9.98. The quantitative estimate of drug-likeness (QED) is 0.784. The van der Waals surface area contributed by atoms with Crippen LogP contribution < -0.4 is 19.7 Å². The van der Waals surface area contributed by atoms with Crippen LogP contribution in [0.4, 0.5) is 11.8 Å². The number of hydrogen-bond acceptors (Lipinski definition) is 7. The summed E-state index contributed by atoms with van der Waals surface area (Å²) in [4.78, 5) is 11.4. The van der Waals surface area contributed by atoms with Crippen molar-refractivity contribution in [3.05, 3.63) is 35.0 Å². The van der Waals surface area contributed by atoms with Crippen molar-refractivity contribution in [1.82, 2.24) is 9.97 Å².